The number of pyridine rings is 1. The van der Waals surface area contributed by atoms with E-state index in [2.05, 4.69) is 10.3 Å². The number of aromatic hydroxyl groups is 1. The topological polar surface area (TPSA) is 82.5 Å². The fourth-order valence-corrected chi connectivity index (χ4v) is 4.34. The van der Waals surface area contributed by atoms with Gasteiger partial charge in [0.2, 0.25) is 5.91 Å². The fraction of sp³-hybridized carbons (Fsp3) is 0.409. The molecule has 2 amide bonds. The summed E-state index contributed by atoms with van der Waals surface area (Å²) in [7, 11) is 0. The first kappa shape index (κ1) is 18.5. The minimum atomic E-state index is -0.579. The van der Waals surface area contributed by atoms with Crippen molar-refractivity contribution in [1.29, 1.82) is 0 Å². The molecular weight excluding hydrogens is 354 g/mol. The van der Waals surface area contributed by atoms with Crippen LogP contribution < -0.4 is 5.32 Å². The van der Waals surface area contributed by atoms with Crippen LogP contribution in [-0.4, -0.2) is 32.8 Å². The van der Waals surface area contributed by atoms with Crippen LogP contribution in [0.1, 0.15) is 54.4 Å². The Morgan fingerprint density at radius 3 is 2.71 bits per heavy atom. The second-order valence-corrected chi connectivity index (χ2v) is 7.71. The molecule has 1 fully saturated rings. The predicted molar refractivity (Wildman–Crippen MR) is 106 cm³/mol. The molecule has 2 heterocycles. The highest BCUT2D eigenvalue weighted by Crippen LogP contribution is 2.33. The highest BCUT2D eigenvalue weighted by Gasteiger charge is 2.37. The first-order valence-corrected chi connectivity index (χ1v) is 9.97. The van der Waals surface area contributed by atoms with E-state index in [-0.39, 0.29) is 23.4 Å². The zero-order valence-corrected chi connectivity index (χ0v) is 15.8. The van der Waals surface area contributed by atoms with Gasteiger partial charge in [-0.1, -0.05) is 50.3 Å². The molecule has 6 heteroatoms. The molecule has 0 saturated heterocycles. The van der Waals surface area contributed by atoms with Crippen molar-refractivity contribution in [3.63, 3.8) is 0 Å². The van der Waals surface area contributed by atoms with Gasteiger partial charge in [0, 0.05) is 18.3 Å². The van der Waals surface area contributed by atoms with Crippen LogP contribution in [0.5, 0.6) is 5.75 Å². The number of anilines is 1. The van der Waals surface area contributed by atoms with Gasteiger partial charge < -0.3 is 15.3 Å². The third-order valence-electron chi connectivity index (χ3n) is 5.84. The standard InChI is InChI=1S/C22H25N3O3/c26-19-11-6-12-23-20(19)24-21(27)18(13-15-7-2-1-3-8-15)25-14-16-9-4-5-10-17(16)22(25)28/h4-6,9-12,15,18,26H,1-3,7-8,13-14H2,(H,23,24,27)/t18-/m0/s1. The quantitative estimate of drug-likeness (QED) is 0.829. The molecule has 2 N–H and O–H groups in total. The van der Waals surface area contributed by atoms with Gasteiger partial charge in [0.15, 0.2) is 11.6 Å². The first-order valence-electron chi connectivity index (χ1n) is 9.97. The highest BCUT2D eigenvalue weighted by atomic mass is 16.3. The van der Waals surface area contributed by atoms with E-state index in [4.69, 9.17) is 0 Å². The molecule has 0 bridgehead atoms. The van der Waals surface area contributed by atoms with Crippen LogP contribution in [0.15, 0.2) is 42.6 Å². The second kappa shape index (κ2) is 8.00. The Hall–Kier alpha value is -2.89. The molecule has 0 unspecified atom stereocenters. The van der Waals surface area contributed by atoms with Crippen molar-refractivity contribution in [2.24, 2.45) is 5.92 Å². The molecule has 1 aromatic heterocycles. The molecule has 1 aliphatic carbocycles. The smallest absolute Gasteiger partial charge is 0.255 e. The number of fused-ring (bicyclic) bond motifs is 1. The summed E-state index contributed by atoms with van der Waals surface area (Å²) in [6.45, 7) is 0.439. The number of amides is 2. The Kier molecular flexibility index (Phi) is 5.28. The Balaban J connectivity index is 1.58. The molecule has 0 radical (unpaired) electrons. The number of hydrogen-bond acceptors (Lipinski definition) is 4. The summed E-state index contributed by atoms with van der Waals surface area (Å²) in [5.41, 5.74) is 1.62. The molecule has 1 atom stereocenters. The van der Waals surface area contributed by atoms with E-state index in [0.717, 1.165) is 18.4 Å². The zero-order chi connectivity index (χ0) is 19.5. The minimum absolute atomic E-state index is 0.0803. The van der Waals surface area contributed by atoms with E-state index in [9.17, 15) is 14.7 Å². The van der Waals surface area contributed by atoms with Gasteiger partial charge in [0.1, 0.15) is 6.04 Å². The van der Waals surface area contributed by atoms with Crippen molar-refractivity contribution in [3.05, 3.63) is 53.7 Å². The second-order valence-electron chi connectivity index (χ2n) is 7.71. The van der Waals surface area contributed by atoms with Crippen LogP contribution in [0, 0.1) is 5.92 Å². The largest absolute Gasteiger partial charge is 0.504 e. The van der Waals surface area contributed by atoms with E-state index in [1.165, 1.54) is 31.5 Å². The summed E-state index contributed by atoms with van der Waals surface area (Å²) < 4.78 is 0. The van der Waals surface area contributed by atoms with Crippen molar-refractivity contribution in [3.8, 4) is 5.75 Å². The minimum Gasteiger partial charge on any atom is -0.504 e. The molecule has 1 aliphatic heterocycles. The van der Waals surface area contributed by atoms with Gasteiger partial charge in [-0.25, -0.2) is 4.98 Å². The number of benzene rings is 1. The van der Waals surface area contributed by atoms with Crippen LogP contribution in [0.3, 0.4) is 0 Å². The molecule has 146 valence electrons. The fourth-order valence-electron chi connectivity index (χ4n) is 4.34. The number of rotatable bonds is 5. The van der Waals surface area contributed by atoms with Crippen LogP contribution >= 0.6 is 0 Å². The van der Waals surface area contributed by atoms with Gasteiger partial charge in [0.05, 0.1) is 0 Å². The number of carbonyl (C=O) groups excluding carboxylic acids is 2. The molecule has 0 spiro atoms. The monoisotopic (exact) mass is 379 g/mol. The lowest BCUT2D eigenvalue weighted by Crippen LogP contribution is -2.45. The average molecular weight is 379 g/mol. The SMILES string of the molecule is O=C(Nc1ncccc1O)[C@H](CC1CCCCC1)N1Cc2ccccc2C1=O. The van der Waals surface area contributed by atoms with Gasteiger partial charge in [-0.15, -0.1) is 0 Å². The number of aromatic nitrogens is 1. The number of carbonyl (C=O) groups is 2. The summed E-state index contributed by atoms with van der Waals surface area (Å²) in [6, 6.07) is 10.0. The van der Waals surface area contributed by atoms with Crippen molar-refractivity contribution < 1.29 is 14.7 Å². The number of hydrogen-bond donors (Lipinski definition) is 2. The van der Waals surface area contributed by atoms with E-state index in [1.807, 2.05) is 24.3 Å². The maximum Gasteiger partial charge on any atom is 0.255 e. The lowest BCUT2D eigenvalue weighted by molar-refractivity contribution is -0.121. The number of nitrogens with one attached hydrogen (secondary N) is 1. The van der Waals surface area contributed by atoms with Crippen molar-refractivity contribution in [1.82, 2.24) is 9.88 Å². The summed E-state index contributed by atoms with van der Waals surface area (Å²) in [6.07, 6.45) is 7.92. The van der Waals surface area contributed by atoms with Gasteiger partial charge in [-0.3, -0.25) is 9.59 Å². The third-order valence-corrected chi connectivity index (χ3v) is 5.84. The van der Waals surface area contributed by atoms with Gasteiger partial charge in [-0.2, -0.15) is 0 Å². The summed E-state index contributed by atoms with van der Waals surface area (Å²) in [5, 5.41) is 12.7. The molecule has 2 aromatic rings. The predicted octanol–water partition coefficient (Wildman–Crippen LogP) is 3.72. The van der Waals surface area contributed by atoms with Crippen LogP contribution in [0.4, 0.5) is 5.82 Å². The van der Waals surface area contributed by atoms with Crippen molar-refractivity contribution in [2.45, 2.75) is 51.1 Å². The normalized spacial score (nSPS) is 18.0. The van der Waals surface area contributed by atoms with Crippen LogP contribution in [0.25, 0.3) is 0 Å². The lowest BCUT2D eigenvalue weighted by atomic mass is 9.84. The molecule has 2 aliphatic rings. The molecule has 1 saturated carbocycles. The van der Waals surface area contributed by atoms with Crippen LogP contribution in [0.2, 0.25) is 0 Å². The summed E-state index contributed by atoms with van der Waals surface area (Å²) in [4.78, 5) is 31.9. The molecular formula is C22H25N3O3. The Morgan fingerprint density at radius 2 is 1.96 bits per heavy atom. The van der Waals surface area contributed by atoms with E-state index in [0.29, 0.717) is 24.4 Å². The molecule has 6 nitrogen and oxygen atoms in total. The maximum absolute atomic E-state index is 13.2. The molecule has 28 heavy (non-hydrogen) atoms. The Bertz CT molecular complexity index is 877. The van der Waals surface area contributed by atoms with Gasteiger partial charge >= 0.3 is 0 Å². The van der Waals surface area contributed by atoms with E-state index in [1.54, 1.807) is 11.0 Å². The third kappa shape index (κ3) is 3.72. The zero-order valence-electron chi connectivity index (χ0n) is 15.8. The van der Waals surface area contributed by atoms with Crippen molar-refractivity contribution >= 4 is 17.6 Å². The Labute approximate surface area is 164 Å². The van der Waals surface area contributed by atoms with Crippen molar-refractivity contribution in [2.75, 3.05) is 5.32 Å². The molecule has 1 aromatic carbocycles. The molecule has 4 rings (SSSR count). The van der Waals surface area contributed by atoms with E-state index < -0.39 is 6.04 Å². The lowest BCUT2D eigenvalue weighted by Gasteiger charge is -2.31. The first-order chi connectivity index (χ1) is 13.6. The maximum atomic E-state index is 13.2. The highest BCUT2D eigenvalue weighted by molar-refractivity contribution is 6.03. The van der Waals surface area contributed by atoms with Gasteiger partial charge in [-0.05, 0) is 36.1 Å². The van der Waals surface area contributed by atoms with E-state index >= 15 is 0 Å². The van der Waals surface area contributed by atoms with Crippen LogP contribution in [-0.2, 0) is 11.3 Å². The summed E-state index contributed by atoms with van der Waals surface area (Å²) in [5.74, 6) is 0.0875. The van der Waals surface area contributed by atoms with Gasteiger partial charge in [0.25, 0.3) is 5.91 Å². The Morgan fingerprint density at radius 1 is 1.18 bits per heavy atom. The number of nitrogens with zero attached hydrogens (tertiary/aromatic N) is 2. The summed E-state index contributed by atoms with van der Waals surface area (Å²) >= 11 is 0. The average Bonchev–Trinajstić information content (AvgIpc) is 3.05.